The quantitative estimate of drug-likeness (QED) is 0.649. The number of benzene rings is 2. The predicted octanol–water partition coefficient (Wildman–Crippen LogP) is 3.38. The Bertz CT molecular complexity index is 1000. The minimum absolute atomic E-state index is 0.0990. The number of hydrogen-bond donors (Lipinski definition) is 0. The molecule has 4 rings (SSSR count). The normalized spacial score (nSPS) is 13.1. The van der Waals surface area contributed by atoms with E-state index in [0.29, 0.717) is 11.4 Å². The van der Waals surface area contributed by atoms with Crippen LogP contribution in [0.2, 0.25) is 0 Å². The fraction of sp³-hybridized carbons (Fsp3) is 0.150. The van der Waals surface area contributed by atoms with Crippen LogP contribution in [0.15, 0.2) is 53.9 Å². The number of thiazole rings is 1. The van der Waals surface area contributed by atoms with Gasteiger partial charge in [0.25, 0.3) is 5.91 Å². The van der Waals surface area contributed by atoms with Crippen molar-refractivity contribution in [2.45, 2.75) is 0 Å². The third-order valence-electron chi connectivity index (χ3n) is 4.24. The van der Waals surface area contributed by atoms with Crippen LogP contribution in [-0.4, -0.2) is 37.1 Å². The molecule has 0 bridgehead atoms. The number of amides is 1. The summed E-state index contributed by atoms with van der Waals surface area (Å²) in [5.41, 5.74) is 3.25. The van der Waals surface area contributed by atoms with E-state index in [-0.39, 0.29) is 19.1 Å². The van der Waals surface area contributed by atoms with E-state index in [4.69, 9.17) is 14.5 Å². The number of ether oxygens (including phenoxy) is 2. The van der Waals surface area contributed by atoms with E-state index in [1.807, 2.05) is 47.8 Å². The maximum atomic E-state index is 12.2. The molecule has 2 aromatic carbocycles. The van der Waals surface area contributed by atoms with Crippen LogP contribution < -0.4 is 9.64 Å². The maximum Gasteiger partial charge on any atom is 0.325 e. The lowest BCUT2D eigenvalue weighted by Crippen LogP contribution is -2.42. The Hall–Kier alpha value is -3.19. The first-order valence-corrected chi connectivity index (χ1v) is 9.19. The summed E-state index contributed by atoms with van der Waals surface area (Å²) in [6.07, 6.45) is 0. The first-order chi connectivity index (χ1) is 13.2. The fourth-order valence-electron chi connectivity index (χ4n) is 2.85. The van der Waals surface area contributed by atoms with E-state index in [1.165, 1.54) is 12.0 Å². The topological polar surface area (TPSA) is 68.7 Å². The van der Waals surface area contributed by atoms with Crippen molar-refractivity contribution >= 4 is 28.9 Å². The summed E-state index contributed by atoms with van der Waals surface area (Å²) in [5.74, 6) is -0.212. The molecule has 0 spiro atoms. The van der Waals surface area contributed by atoms with Gasteiger partial charge in [-0.3, -0.25) is 14.5 Å². The number of hydrogen-bond acceptors (Lipinski definition) is 6. The second-order valence-electron chi connectivity index (χ2n) is 5.93. The molecular weight excluding hydrogens is 364 g/mol. The van der Waals surface area contributed by atoms with Crippen LogP contribution in [0.1, 0.15) is 0 Å². The molecule has 0 radical (unpaired) electrons. The van der Waals surface area contributed by atoms with Gasteiger partial charge in [0.2, 0.25) is 0 Å². The second kappa shape index (κ2) is 7.20. The number of rotatable bonds is 4. The highest BCUT2D eigenvalue weighted by Crippen LogP contribution is 2.37. The lowest BCUT2D eigenvalue weighted by atomic mass is 10.1. The third-order valence-corrected chi connectivity index (χ3v) is 5.13. The van der Waals surface area contributed by atoms with E-state index < -0.39 is 5.97 Å². The zero-order chi connectivity index (χ0) is 18.8. The second-order valence-corrected chi connectivity index (χ2v) is 6.79. The molecular formula is C20H16N2O4S. The van der Waals surface area contributed by atoms with E-state index in [1.54, 1.807) is 17.4 Å². The SMILES string of the molecule is COC(=O)CN1C(=O)COc2ccc(-c3csc(-c4ccccc4)n3)cc21. The van der Waals surface area contributed by atoms with Crippen LogP contribution in [0.25, 0.3) is 21.8 Å². The predicted molar refractivity (Wildman–Crippen MR) is 103 cm³/mol. The molecule has 0 saturated carbocycles. The van der Waals surface area contributed by atoms with E-state index in [0.717, 1.165) is 21.8 Å². The van der Waals surface area contributed by atoms with E-state index >= 15 is 0 Å². The lowest BCUT2D eigenvalue weighted by molar-refractivity contribution is -0.140. The lowest BCUT2D eigenvalue weighted by Gasteiger charge is -2.28. The molecule has 0 N–H and O–H groups in total. The molecule has 6 nitrogen and oxygen atoms in total. The highest BCUT2D eigenvalue weighted by atomic mass is 32.1. The van der Waals surface area contributed by atoms with Crippen LogP contribution in [0.4, 0.5) is 5.69 Å². The van der Waals surface area contributed by atoms with Gasteiger partial charge in [0.05, 0.1) is 18.5 Å². The van der Waals surface area contributed by atoms with Gasteiger partial charge in [-0.25, -0.2) is 4.98 Å². The highest BCUT2D eigenvalue weighted by molar-refractivity contribution is 7.13. The number of carbonyl (C=O) groups excluding carboxylic acids is 2. The van der Waals surface area contributed by atoms with Gasteiger partial charge in [0, 0.05) is 16.5 Å². The van der Waals surface area contributed by atoms with Crippen molar-refractivity contribution in [3.63, 3.8) is 0 Å². The van der Waals surface area contributed by atoms with Crippen LogP contribution in [-0.2, 0) is 14.3 Å². The molecule has 0 atom stereocenters. The Morgan fingerprint density at radius 3 is 2.81 bits per heavy atom. The van der Waals surface area contributed by atoms with Crippen LogP contribution in [0, 0.1) is 0 Å². The van der Waals surface area contributed by atoms with Gasteiger partial charge < -0.3 is 9.47 Å². The number of nitrogens with zero attached hydrogens (tertiary/aromatic N) is 2. The summed E-state index contributed by atoms with van der Waals surface area (Å²) < 4.78 is 10.2. The van der Waals surface area contributed by atoms with Crippen molar-refractivity contribution in [2.24, 2.45) is 0 Å². The average molecular weight is 380 g/mol. The minimum atomic E-state index is -0.485. The maximum absolute atomic E-state index is 12.2. The Kier molecular flexibility index (Phi) is 4.60. The minimum Gasteiger partial charge on any atom is -0.482 e. The number of anilines is 1. The number of fused-ring (bicyclic) bond motifs is 1. The number of methoxy groups -OCH3 is 1. The molecule has 3 aromatic rings. The summed E-state index contributed by atoms with van der Waals surface area (Å²) in [6.45, 7) is -0.250. The number of carbonyl (C=O) groups is 2. The Labute approximate surface area is 160 Å². The van der Waals surface area contributed by atoms with Crippen molar-refractivity contribution < 1.29 is 19.1 Å². The Morgan fingerprint density at radius 2 is 2.04 bits per heavy atom. The van der Waals surface area contributed by atoms with Gasteiger partial charge in [-0.1, -0.05) is 30.3 Å². The molecule has 136 valence electrons. The molecule has 27 heavy (non-hydrogen) atoms. The smallest absolute Gasteiger partial charge is 0.325 e. The number of aromatic nitrogens is 1. The molecule has 7 heteroatoms. The molecule has 0 aliphatic carbocycles. The number of esters is 1. The first-order valence-electron chi connectivity index (χ1n) is 8.31. The molecule has 1 aliphatic rings. The highest BCUT2D eigenvalue weighted by Gasteiger charge is 2.28. The molecule has 1 aliphatic heterocycles. The van der Waals surface area contributed by atoms with Crippen LogP contribution in [0.3, 0.4) is 0 Å². The van der Waals surface area contributed by atoms with Gasteiger partial charge in [-0.2, -0.15) is 0 Å². The zero-order valence-electron chi connectivity index (χ0n) is 14.5. The summed E-state index contributed by atoms with van der Waals surface area (Å²) >= 11 is 1.55. The third kappa shape index (κ3) is 3.41. The van der Waals surface area contributed by atoms with E-state index in [9.17, 15) is 9.59 Å². The molecule has 1 aromatic heterocycles. The van der Waals surface area contributed by atoms with Gasteiger partial charge in [-0.15, -0.1) is 11.3 Å². The zero-order valence-corrected chi connectivity index (χ0v) is 15.4. The van der Waals surface area contributed by atoms with Crippen molar-refractivity contribution in [3.05, 3.63) is 53.9 Å². The molecule has 1 amide bonds. The van der Waals surface area contributed by atoms with Crippen LogP contribution >= 0.6 is 11.3 Å². The van der Waals surface area contributed by atoms with E-state index in [2.05, 4.69) is 0 Å². The average Bonchev–Trinajstić information content (AvgIpc) is 3.20. The Balaban J connectivity index is 1.69. The molecule has 2 heterocycles. The van der Waals surface area contributed by atoms with Gasteiger partial charge in [-0.05, 0) is 18.2 Å². The summed E-state index contributed by atoms with van der Waals surface area (Å²) in [4.78, 5) is 30.0. The first kappa shape index (κ1) is 17.2. The molecule has 0 fully saturated rings. The summed E-state index contributed by atoms with van der Waals surface area (Å²) in [7, 11) is 1.30. The Morgan fingerprint density at radius 1 is 1.22 bits per heavy atom. The van der Waals surface area contributed by atoms with Crippen molar-refractivity contribution in [1.82, 2.24) is 4.98 Å². The standard InChI is InChI=1S/C20H16N2O4S/c1-25-19(24)10-22-16-9-14(7-8-17(16)26-11-18(22)23)15-12-27-20(21-15)13-5-3-2-4-6-13/h2-9,12H,10-11H2,1H3. The molecule has 0 saturated heterocycles. The molecule has 0 unspecified atom stereocenters. The summed E-state index contributed by atoms with van der Waals surface area (Å²) in [5, 5.41) is 2.89. The fourth-order valence-corrected chi connectivity index (χ4v) is 3.68. The van der Waals surface area contributed by atoms with Crippen molar-refractivity contribution in [1.29, 1.82) is 0 Å². The van der Waals surface area contributed by atoms with Gasteiger partial charge in [0.1, 0.15) is 17.3 Å². The van der Waals surface area contributed by atoms with Gasteiger partial charge >= 0.3 is 5.97 Å². The van der Waals surface area contributed by atoms with Crippen LogP contribution in [0.5, 0.6) is 5.75 Å². The largest absolute Gasteiger partial charge is 0.482 e. The summed E-state index contributed by atoms with van der Waals surface area (Å²) in [6, 6.07) is 15.5. The van der Waals surface area contributed by atoms with Crippen molar-refractivity contribution in [3.8, 4) is 27.6 Å². The van der Waals surface area contributed by atoms with Crippen molar-refractivity contribution in [2.75, 3.05) is 25.2 Å². The van der Waals surface area contributed by atoms with Gasteiger partial charge in [0.15, 0.2) is 6.61 Å². The monoisotopic (exact) mass is 380 g/mol.